The highest BCUT2D eigenvalue weighted by Crippen LogP contribution is 2.43. The van der Waals surface area contributed by atoms with Gasteiger partial charge in [-0.1, -0.05) is 74.0 Å². The molecule has 0 saturated carbocycles. The molecule has 0 aromatic heterocycles. The van der Waals surface area contributed by atoms with Gasteiger partial charge >= 0.3 is 5.97 Å². The number of amides is 1. The zero-order chi connectivity index (χ0) is 24.3. The van der Waals surface area contributed by atoms with Gasteiger partial charge in [0.1, 0.15) is 5.75 Å². The number of likely N-dealkylation sites (tertiary alicyclic amines) is 1. The Morgan fingerprint density at radius 2 is 1.71 bits per heavy atom. The van der Waals surface area contributed by atoms with E-state index < -0.39 is 11.5 Å². The molecule has 0 bridgehead atoms. The SMILES string of the molecule is CC(C)COc1ccccc1-c1ccc(C(=O)N2CCCC2(C(=O)O)c2ccccc2Cl)cc1. The van der Waals surface area contributed by atoms with E-state index in [4.69, 9.17) is 16.3 Å². The first-order valence-corrected chi connectivity index (χ1v) is 11.8. The van der Waals surface area contributed by atoms with Gasteiger partial charge in [0.2, 0.25) is 0 Å². The van der Waals surface area contributed by atoms with Crippen molar-refractivity contribution < 1.29 is 19.4 Å². The molecule has 1 aliphatic rings. The quantitative estimate of drug-likeness (QED) is 0.436. The van der Waals surface area contributed by atoms with E-state index in [9.17, 15) is 14.7 Å². The van der Waals surface area contributed by atoms with Crippen LogP contribution in [0.4, 0.5) is 0 Å². The number of hydrogen-bond donors (Lipinski definition) is 1. The van der Waals surface area contributed by atoms with E-state index in [2.05, 4.69) is 13.8 Å². The van der Waals surface area contributed by atoms with Gasteiger partial charge in [-0.15, -0.1) is 0 Å². The Labute approximate surface area is 204 Å². The van der Waals surface area contributed by atoms with E-state index in [0.717, 1.165) is 16.9 Å². The van der Waals surface area contributed by atoms with E-state index in [-0.39, 0.29) is 5.91 Å². The second kappa shape index (κ2) is 9.90. The number of para-hydroxylation sites is 1. The van der Waals surface area contributed by atoms with Crippen LogP contribution in [0, 0.1) is 5.92 Å². The highest BCUT2D eigenvalue weighted by Gasteiger charge is 2.52. The number of carboxylic acid groups (broad SMARTS) is 1. The number of rotatable bonds is 7. The van der Waals surface area contributed by atoms with Crippen LogP contribution in [0.3, 0.4) is 0 Å². The third-order valence-electron chi connectivity index (χ3n) is 6.20. The minimum atomic E-state index is -1.48. The largest absolute Gasteiger partial charge is 0.493 e. The van der Waals surface area contributed by atoms with Crippen molar-refractivity contribution in [2.45, 2.75) is 32.2 Å². The molecule has 5 nitrogen and oxygen atoms in total. The van der Waals surface area contributed by atoms with Gasteiger partial charge in [-0.3, -0.25) is 4.79 Å². The summed E-state index contributed by atoms with van der Waals surface area (Å²) in [6.07, 6.45) is 0.901. The van der Waals surface area contributed by atoms with Crippen molar-refractivity contribution in [2.24, 2.45) is 5.92 Å². The highest BCUT2D eigenvalue weighted by molar-refractivity contribution is 6.31. The first kappa shape index (κ1) is 23.8. The Balaban J connectivity index is 1.65. The third-order valence-corrected chi connectivity index (χ3v) is 6.53. The number of carboxylic acids is 1. The van der Waals surface area contributed by atoms with Crippen LogP contribution in [0.15, 0.2) is 72.8 Å². The summed E-state index contributed by atoms with van der Waals surface area (Å²) in [5, 5.41) is 10.6. The lowest BCUT2D eigenvalue weighted by Gasteiger charge is -2.35. The molecule has 0 radical (unpaired) electrons. The van der Waals surface area contributed by atoms with Crippen molar-refractivity contribution in [1.29, 1.82) is 0 Å². The van der Waals surface area contributed by atoms with Gasteiger partial charge in [0, 0.05) is 28.3 Å². The normalized spacial score (nSPS) is 17.7. The average molecular weight is 478 g/mol. The molecule has 3 aromatic rings. The molecule has 1 aliphatic heterocycles. The molecule has 1 atom stereocenters. The molecule has 0 aliphatic carbocycles. The van der Waals surface area contributed by atoms with Crippen LogP contribution >= 0.6 is 11.6 Å². The molecule has 4 rings (SSSR count). The summed E-state index contributed by atoms with van der Waals surface area (Å²) in [4.78, 5) is 27.5. The molecule has 1 fully saturated rings. The number of aliphatic carboxylic acids is 1. The Bertz CT molecular complexity index is 1190. The molecule has 34 heavy (non-hydrogen) atoms. The second-order valence-corrected chi connectivity index (χ2v) is 9.39. The summed E-state index contributed by atoms with van der Waals surface area (Å²) in [6, 6.07) is 21.9. The highest BCUT2D eigenvalue weighted by atomic mass is 35.5. The van der Waals surface area contributed by atoms with Crippen molar-refractivity contribution in [2.75, 3.05) is 13.2 Å². The van der Waals surface area contributed by atoms with Crippen molar-refractivity contribution >= 4 is 23.5 Å². The monoisotopic (exact) mass is 477 g/mol. The topological polar surface area (TPSA) is 66.8 Å². The van der Waals surface area contributed by atoms with E-state index in [1.54, 1.807) is 36.4 Å². The van der Waals surface area contributed by atoms with Gasteiger partial charge in [-0.25, -0.2) is 4.79 Å². The van der Waals surface area contributed by atoms with Crippen LogP contribution in [0.5, 0.6) is 5.75 Å². The molecule has 176 valence electrons. The fraction of sp³-hybridized carbons (Fsp3) is 0.286. The molecule has 6 heteroatoms. The zero-order valence-electron chi connectivity index (χ0n) is 19.3. The van der Waals surface area contributed by atoms with Crippen molar-refractivity contribution in [1.82, 2.24) is 4.90 Å². The van der Waals surface area contributed by atoms with E-state index in [1.165, 1.54) is 4.90 Å². The summed E-state index contributed by atoms with van der Waals surface area (Å²) in [5.74, 6) is -0.199. The van der Waals surface area contributed by atoms with Crippen LogP contribution in [-0.4, -0.2) is 35.0 Å². The summed E-state index contributed by atoms with van der Waals surface area (Å²) in [5.41, 5.74) is 1.27. The predicted molar refractivity (Wildman–Crippen MR) is 133 cm³/mol. The zero-order valence-corrected chi connectivity index (χ0v) is 20.1. The molecule has 1 unspecified atom stereocenters. The molecular weight excluding hydrogens is 450 g/mol. The number of halogens is 1. The summed E-state index contributed by atoms with van der Waals surface area (Å²) >= 11 is 6.39. The smallest absolute Gasteiger partial charge is 0.334 e. The third kappa shape index (κ3) is 4.40. The maximum absolute atomic E-state index is 13.5. The summed E-state index contributed by atoms with van der Waals surface area (Å²) < 4.78 is 5.97. The van der Waals surface area contributed by atoms with Crippen LogP contribution in [0.25, 0.3) is 11.1 Å². The van der Waals surface area contributed by atoms with Crippen molar-refractivity contribution in [3.63, 3.8) is 0 Å². The first-order valence-electron chi connectivity index (χ1n) is 11.5. The van der Waals surface area contributed by atoms with Gasteiger partial charge in [-0.05, 0) is 48.6 Å². The van der Waals surface area contributed by atoms with Crippen molar-refractivity contribution in [3.8, 4) is 16.9 Å². The maximum atomic E-state index is 13.5. The molecule has 1 N–H and O–H groups in total. The van der Waals surface area contributed by atoms with Crippen LogP contribution in [0.1, 0.15) is 42.6 Å². The fourth-order valence-electron chi connectivity index (χ4n) is 4.54. The minimum Gasteiger partial charge on any atom is -0.493 e. The Morgan fingerprint density at radius 1 is 1.03 bits per heavy atom. The van der Waals surface area contributed by atoms with E-state index in [1.807, 2.05) is 36.4 Å². The number of carbonyl (C=O) groups excluding carboxylic acids is 1. The van der Waals surface area contributed by atoms with Crippen LogP contribution in [0.2, 0.25) is 5.02 Å². The number of carbonyl (C=O) groups is 2. The van der Waals surface area contributed by atoms with E-state index in [0.29, 0.717) is 48.1 Å². The van der Waals surface area contributed by atoms with Gasteiger partial charge < -0.3 is 14.7 Å². The Hall–Kier alpha value is -3.31. The van der Waals surface area contributed by atoms with E-state index >= 15 is 0 Å². The standard InChI is InChI=1S/C28H28ClNO4/c1-19(2)18-34-25-11-6-3-8-22(25)20-12-14-21(15-13-20)26(31)30-17-7-16-28(30,27(32)33)23-9-4-5-10-24(23)29/h3-6,8-15,19H,7,16-18H2,1-2H3,(H,32,33). The molecule has 3 aromatic carbocycles. The Kier molecular flexibility index (Phi) is 6.94. The van der Waals surface area contributed by atoms with Crippen LogP contribution < -0.4 is 4.74 Å². The minimum absolute atomic E-state index is 0.316. The van der Waals surface area contributed by atoms with Gasteiger partial charge in [0.05, 0.1) is 6.61 Å². The lowest BCUT2D eigenvalue weighted by atomic mass is 9.86. The first-order chi connectivity index (χ1) is 16.3. The molecule has 0 spiro atoms. The van der Waals surface area contributed by atoms with Crippen LogP contribution in [-0.2, 0) is 10.3 Å². The van der Waals surface area contributed by atoms with Crippen molar-refractivity contribution in [3.05, 3.63) is 88.9 Å². The number of benzene rings is 3. The summed E-state index contributed by atoms with van der Waals surface area (Å²) in [6.45, 7) is 5.16. The lowest BCUT2D eigenvalue weighted by Crippen LogP contribution is -2.50. The molecule has 1 amide bonds. The number of nitrogens with zero attached hydrogens (tertiary/aromatic N) is 1. The van der Waals surface area contributed by atoms with Gasteiger partial charge in [0.25, 0.3) is 5.91 Å². The number of ether oxygens (including phenoxy) is 1. The summed E-state index contributed by atoms with van der Waals surface area (Å²) in [7, 11) is 0. The van der Waals surface area contributed by atoms with Gasteiger partial charge in [-0.2, -0.15) is 0 Å². The molecule has 1 heterocycles. The maximum Gasteiger partial charge on any atom is 0.334 e. The predicted octanol–water partition coefficient (Wildman–Crippen LogP) is 6.26. The number of hydrogen-bond acceptors (Lipinski definition) is 3. The molecule has 1 saturated heterocycles. The molecular formula is C28H28ClNO4. The Morgan fingerprint density at radius 3 is 2.38 bits per heavy atom. The fourth-order valence-corrected chi connectivity index (χ4v) is 4.84. The lowest BCUT2D eigenvalue weighted by molar-refractivity contribution is -0.149. The average Bonchev–Trinajstić information content (AvgIpc) is 3.29. The second-order valence-electron chi connectivity index (χ2n) is 8.98. The van der Waals surface area contributed by atoms with Gasteiger partial charge in [0.15, 0.2) is 5.54 Å².